The number of hydrogen-bond donors (Lipinski definition) is 2. The Balaban J connectivity index is 2.13. The zero-order chi connectivity index (χ0) is 12.3. The van der Waals surface area contributed by atoms with Crippen LogP contribution in [0.5, 0.6) is 5.88 Å². The molecule has 2 atom stereocenters. The average molecular weight is 236 g/mol. The third kappa shape index (κ3) is 2.49. The Labute approximate surface area is 102 Å². The minimum atomic E-state index is 0.429. The van der Waals surface area contributed by atoms with Gasteiger partial charge in [-0.05, 0) is 32.2 Å². The molecule has 3 N–H and O–H groups in total. The van der Waals surface area contributed by atoms with Crippen molar-refractivity contribution in [3.63, 3.8) is 0 Å². The normalized spacial score (nSPS) is 23.7. The van der Waals surface area contributed by atoms with Gasteiger partial charge in [0.05, 0.1) is 12.7 Å². The lowest BCUT2D eigenvalue weighted by Gasteiger charge is -2.21. The molecule has 0 spiro atoms. The summed E-state index contributed by atoms with van der Waals surface area (Å²) < 4.78 is 5.19. The number of hydrogen-bond acceptors (Lipinski definition) is 5. The van der Waals surface area contributed by atoms with E-state index in [2.05, 4.69) is 15.3 Å². The predicted octanol–water partition coefficient (Wildman–Crippen LogP) is 1.33. The minimum absolute atomic E-state index is 0.429. The van der Waals surface area contributed by atoms with Crippen LogP contribution in [0, 0.1) is 12.8 Å². The molecule has 0 radical (unpaired) electrons. The van der Waals surface area contributed by atoms with E-state index in [1.807, 2.05) is 6.92 Å². The lowest BCUT2D eigenvalue weighted by Crippen LogP contribution is -2.30. The summed E-state index contributed by atoms with van der Waals surface area (Å²) in [5, 5.41) is 3.47. The van der Waals surface area contributed by atoms with Gasteiger partial charge in [0, 0.05) is 6.04 Å². The van der Waals surface area contributed by atoms with E-state index >= 15 is 0 Å². The first-order chi connectivity index (χ1) is 8.26. The van der Waals surface area contributed by atoms with Crippen molar-refractivity contribution in [1.82, 2.24) is 9.97 Å². The number of anilines is 1. The van der Waals surface area contributed by atoms with Crippen LogP contribution in [0.3, 0.4) is 0 Å². The van der Waals surface area contributed by atoms with Gasteiger partial charge in [0.25, 0.3) is 0 Å². The van der Waals surface area contributed by atoms with Gasteiger partial charge in [-0.2, -0.15) is 0 Å². The van der Waals surface area contributed by atoms with Crippen molar-refractivity contribution >= 4 is 5.82 Å². The fourth-order valence-corrected chi connectivity index (χ4v) is 2.47. The van der Waals surface area contributed by atoms with Gasteiger partial charge in [0.1, 0.15) is 12.1 Å². The Morgan fingerprint density at radius 1 is 1.47 bits per heavy atom. The van der Waals surface area contributed by atoms with Gasteiger partial charge in [-0.15, -0.1) is 0 Å². The van der Waals surface area contributed by atoms with E-state index < -0.39 is 0 Å². The summed E-state index contributed by atoms with van der Waals surface area (Å²) in [4.78, 5) is 8.35. The maximum absolute atomic E-state index is 5.77. The van der Waals surface area contributed by atoms with Gasteiger partial charge < -0.3 is 15.8 Å². The highest BCUT2D eigenvalue weighted by atomic mass is 16.5. The standard InChI is InChI=1S/C12H20N4O/c1-8-11(14-7-15-12(8)17-2)16-10-5-3-4-9(10)6-13/h7,9-10H,3-6,13H2,1-2H3,(H,14,15,16). The number of nitrogens with one attached hydrogen (secondary N) is 1. The lowest BCUT2D eigenvalue weighted by molar-refractivity contribution is 0.393. The highest BCUT2D eigenvalue weighted by Gasteiger charge is 2.26. The highest BCUT2D eigenvalue weighted by Crippen LogP contribution is 2.29. The molecule has 0 amide bonds. The first kappa shape index (κ1) is 12.1. The van der Waals surface area contributed by atoms with Crippen LogP contribution in [0.2, 0.25) is 0 Å². The number of nitrogens with zero attached hydrogens (tertiary/aromatic N) is 2. The van der Waals surface area contributed by atoms with Crippen molar-refractivity contribution in [3.05, 3.63) is 11.9 Å². The van der Waals surface area contributed by atoms with Gasteiger partial charge >= 0.3 is 0 Å². The summed E-state index contributed by atoms with van der Waals surface area (Å²) >= 11 is 0. The SMILES string of the molecule is COc1ncnc(NC2CCCC2CN)c1C. The van der Waals surface area contributed by atoms with Crippen LogP contribution in [-0.4, -0.2) is 29.7 Å². The Morgan fingerprint density at radius 2 is 2.29 bits per heavy atom. The third-order valence-corrected chi connectivity index (χ3v) is 3.52. The van der Waals surface area contributed by atoms with Crippen LogP contribution in [0.15, 0.2) is 6.33 Å². The summed E-state index contributed by atoms with van der Waals surface area (Å²) in [6, 6.07) is 0.429. The van der Waals surface area contributed by atoms with E-state index in [0.717, 1.165) is 24.3 Å². The molecule has 1 aliphatic rings. The van der Waals surface area contributed by atoms with Crippen molar-refractivity contribution in [1.29, 1.82) is 0 Å². The molecule has 94 valence electrons. The number of aromatic nitrogens is 2. The number of nitrogens with two attached hydrogens (primary N) is 1. The van der Waals surface area contributed by atoms with Crippen LogP contribution >= 0.6 is 0 Å². The molecule has 5 nitrogen and oxygen atoms in total. The Bertz CT molecular complexity index is 383. The third-order valence-electron chi connectivity index (χ3n) is 3.52. The van der Waals surface area contributed by atoms with Crippen LogP contribution < -0.4 is 15.8 Å². The fraction of sp³-hybridized carbons (Fsp3) is 0.667. The summed E-state index contributed by atoms with van der Waals surface area (Å²) in [6.45, 7) is 2.70. The summed E-state index contributed by atoms with van der Waals surface area (Å²) in [5.74, 6) is 2.04. The van der Waals surface area contributed by atoms with Gasteiger partial charge in [0.2, 0.25) is 5.88 Å². The van der Waals surface area contributed by atoms with Crippen molar-refractivity contribution in [2.24, 2.45) is 11.7 Å². The molecule has 0 bridgehead atoms. The van der Waals surface area contributed by atoms with E-state index in [0.29, 0.717) is 17.8 Å². The molecule has 1 heterocycles. The first-order valence-electron chi connectivity index (χ1n) is 6.08. The topological polar surface area (TPSA) is 73.1 Å². The van der Waals surface area contributed by atoms with Gasteiger partial charge in [0.15, 0.2) is 0 Å². The van der Waals surface area contributed by atoms with Crippen LogP contribution in [-0.2, 0) is 0 Å². The molecule has 0 saturated heterocycles. The van der Waals surface area contributed by atoms with Crippen molar-refractivity contribution < 1.29 is 4.74 Å². The van der Waals surface area contributed by atoms with Crippen molar-refractivity contribution in [3.8, 4) is 5.88 Å². The zero-order valence-electron chi connectivity index (χ0n) is 10.4. The summed E-state index contributed by atoms with van der Waals surface area (Å²) in [6.07, 6.45) is 5.13. The second-order valence-corrected chi connectivity index (χ2v) is 4.53. The molecule has 5 heteroatoms. The second-order valence-electron chi connectivity index (χ2n) is 4.53. The minimum Gasteiger partial charge on any atom is -0.481 e. The molecule has 1 aliphatic carbocycles. The molecule has 1 aromatic rings. The molecule has 1 aromatic heterocycles. The average Bonchev–Trinajstić information content (AvgIpc) is 2.79. The van der Waals surface area contributed by atoms with E-state index in [-0.39, 0.29) is 0 Å². The summed E-state index contributed by atoms with van der Waals surface area (Å²) in [5.41, 5.74) is 6.73. The number of methoxy groups -OCH3 is 1. The van der Waals surface area contributed by atoms with Crippen molar-refractivity contribution in [2.75, 3.05) is 19.0 Å². The molecule has 1 saturated carbocycles. The van der Waals surface area contributed by atoms with E-state index in [9.17, 15) is 0 Å². The number of ether oxygens (including phenoxy) is 1. The quantitative estimate of drug-likeness (QED) is 0.825. The van der Waals surface area contributed by atoms with Gasteiger partial charge in [-0.1, -0.05) is 6.42 Å². The van der Waals surface area contributed by atoms with Gasteiger partial charge in [-0.25, -0.2) is 9.97 Å². The smallest absolute Gasteiger partial charge is 0.221 e. The molecule has 0 aromatic carbocycles. The highest BCUT2D eigenvalue weighted by molar-refractivity contribution is 5.48. The number of rotatable bonds is 4. The largest absolute Gasteiger partial charge is 0.481 e. The zero-order valence-corrected chi connectivity index (χ0v) is 10.4. The molecule has 17 heavy (non-hydrogen) atoms. The Kier molecular flexibility index (Phi) is 3.78. The van der Waals surface area contributed by atoms with Crippen LogP contribution in [0.1, 0.15) is 24.8 Å². The molecule has 0 aliphatic heterocycles. The maximum Gasteiger partial charge on any atom is 0.221 e. The monoisotopic (exact) mass is 236 g/mol. The van der Waals surface area contributed by atoms with Crippen LogP contribution in [0.25, 0.3) is 0 Å². The molecular formula is C12H20N4O. The Morgan fingerprint density at radius 3 is 3.00 bits per heavy atom. The lowest BCUT2D eigenvalue weighted by atomic mass is 10.0. The van der Waals surface area contributed by atoms with Gasteiger partial charge in [-0.3, -0.25) is 0 Å². The second kappa shape index (κ2) is 5.31. The molecule has 2 rings (SSSR count). The molecule has 2 unspecified atom stereocenters. The van der Waals surface area contributed by atoms with Crippen LogP contribution in [0.4, 0.5) is 5.82 Å². The first-order valence-corrected chi connectivity index (χ1v) is 6.08. The van der Waals surface area contributed by atoms with E-state index in [4.69, 9.17) is 10.5 Å². The predicted molar refractivity (Wildman–Crippen MR) is 67.1 cm³/mol. The van der Waals surface area contributed by atoms with Crippen molar-refractivity contribution in [2.45, 2.75) is 32.2 Å². The molecule has 1 fully saturated rings. The van der Waals surface area contributed by atoms with E-state index in [1.54, 1.807) is 7.11 Å². The Hall–Kier alpha value is -1.36. The summed E-state index contributed by atoms with van der Waals surface area (Å²) in [7, 11) is 1.62. The molecular weight excluding hydrogens is 216 g/mol. The fourth-order valence-electron chi connectivity index (χ4n) is 2.47. The van der Waals surface area contributed by atoms with E-state index in [1.165, 1.54) is 19.2 Å². The maximum atomic E-state index is 5.77.